The fraction of sp³-hybridized carbons (Fsp3) is 0.500. The second kappa shape index (κ2) is 8.97. The molecule has 4 rings (SSSR count). The molecule has 2 N–H and O–H groups in total. The lowest BCUT2D eigenvalue weighted by Crippen LogP contribution is -2.43. The SMILES string of the molecule is COC(=O)c1cc(CN2C[C@H]3C[C@@H](Nc4cnccn4)[C@H](O)C[C@H]3C2)ccc1OC. The van der Waals surface area contributed by atoms with Crippen molar-refractivity contribution >= 4 is 11.8 Å². The molecule has 1 saturated carbocycles. The fourth-order valence-electron chi connectivity index (χ4n) is 4.76. The Hall–Kier alpha value is -2.71. The molecule has 2 heterocycles. The first-order valence-corrected chi connectivity index (χ1v) is 10.3. The first kappa shape index (κ1) is 20.6. The van der Waals surface area contributed by atoms with Crippen molar-refractivity contribution in [2.75, 3.05) is 32.6 Å². The van der Waals surface area contributed by atoms with Crippen LogP contribution in [0.15, 0.2) is 36.8 Å². The minimum Gasteiger partial charge on any atom is -0.496 e. The zero-order chi connectivity index (χ0) is 21.1. The number of aliphatic hydroxyl groups is 1. The molecule has 1 aliphatic carbocycles. The summed E-state index contributed by atoms with van der Waals surface area (Å²) >= 11 is 0. The molecule has 1 aromatic carbocycles. The van der Waals surface area contributed by atoms with Crippen LogP contribution in [0.5, 0.6) is 5.75 Å². The highest BCUT2D eigenvalue weighted by molar-refractivity contribution is 5.92. The number of nitrogens with zero attached hydrogens (tertiary/aromatic N) is 3. The highest BCUT2D eigenvalue weighted by atomic mass is 16.5. The minimum absolute atomic E-state index is 0.0187. The summed E-state index contributed by atoms with van der Waals surface area (Å²) in [5, 5.41) is 14.0. The number of carbonyl (C=O) groups is 1. The summed E-state index contributed by atoms with van der Waals surface area (Å²) in [6.07, 6.45) is 6.24. The third-order valence-electron chi connectivity index (χ3n) is 6.19. The number of anilines is 1. The Labute approximate surface area is 176 Å². The van der Waals surface area contributed by atoms with Gasteiger partial charge in [0.1, 0.15) is 17.1 Å². The number of likely N-dealkylation sites (tertiary alicyclic amines) is 1. The molecule has 1 aliphatic heterocycles. The predicted molar refractivity (Wildman–Crippen MR) is 111 cm³/mol. The molecule has 1 aromatic heterocycles. The monoisotopic (exact) mass is 412 g/mol. The average Bonchev–Trinajstić information content (AvgIpc) is 3.14. The smallest absolute Gasteiger partial charge is 0.341 e. The summed E-state index contributed by atoms with van der Waals surface area (Å²) in [4.78, 5) is 22.8. The molecule has 0 amide bonds. The van der Waals surface area contributed by atoms with Crippen molar-refractivity contribution in [3.05, 3.63) is 47.9 Å². The van der Waals surface area contributed by atoms with E-state index in [4.69, 9.17) is 9.47 Å². The highest BCUT2D eigenvalue weighted by Crippen LogP contribution is 2.38. The fourth-order valence-corrected chi connectivity index (χ4v) is 4.76. The molecule has 0 radical (unpaired) electrons. The number of nitrogens with one attached hydrogen (secondary N) is 1. The zero-order valence-corrected chi connectivity index (χ0v) is 17.3. The summed E-state index contributed by atoms with van der Waals surface area (Å²) in [5.74, 6) is 1.80. The number of methoxy groups -OCH3 is 2. The van der Waals surface area contributed by atoms with Gasteiger partial charge in [-0.25, -0.2) is 9.78 Å². The molecular formula is C22H28N4O4. The van der Waals surface area contributed by atoms with Crippen molar-refractivity contribution in [3.63, 3.8) is 0 Å². The van der Waals surface area contributed by atoms with Crippen LogP contribution in [0.1, 0.15) is 28.8 Å². The normalized spacial score (nSPS) is 26.1. The van der Waals surface area contributed by atoms with Gasteiger partial charge >= 0.3 is 5.97 Å². The number of aliphatic hydroxyl groups excluding tert-OH is 1. The molecule has 2 aliphatic rings. The van der Waals surface area contributed by atoms with Crippen LogP contribution in [-0.2, 0) is 11.3 Å². The lowest BCUT2D eigenvalue weighted by Gasteiger charge is -2.35. The van der Waals surface area contributed by atoms with E-state index in [0.29, 0.717) is 29.0 Å². The van der Waals surface area contributed by atoms with Crippen LogP contribution in [0.25, 0.3) is 0 Å². The van der Waals surface area contributed by atoms with Gasteiger partial charge in [0, 0.05) is 32.0 Å². The quantitative estimate of drug-likeness (QED) is 0.695. The van der Waals surface area contributed by atoms with E-state index in [1.807, 2.05) is 18.2 Å². The maximum atomic E-state index is 12.0. The summed E-state index contributed by atoms with van der Waals surface area (Å²) in [6, 6.07) is 5.63. The molecular weight excluding hydrogens is 384 g/mol. The topological polar surface area (TPSA) is 96.8 Å². The van der Waals surface area contributed by atoms with Crippen molar-refractivity contribution in [3.8, 4) is 5.75 Å². The Morgan fingerprint density at radius 1 is 1.23 bits per heavy atom. The van der Waals surface area contributed by atoms with Gasteiger partial charge in [0.25, 0.3) is 0 Å². The van der Waals surface area contributed by atoms with Crippen molar-refractivity contribution in [1.29, 1.82) is 0 Å². The number of hydrogen-bond donors (Lipinski definition) is 2. The van der Waals surface area contributed by atoms with Crippen LogP contribution in [0.3, 0.4) is 0 Å². The van der Waals surface area contributed by atoms with E-state index in [-0.39, 0.29) is 6.04 Å². The van der Waals surface area contributed by atoms with Crippen molar-refractivity contribution in [2.24, 2.45) is 11.8 Å². The van der Waals surface area contributed by atoms with Crippen LogP contribution < -0.4 is 10.1 Å². The zero-order valence-electron chi connectivity index (χ0n) is 17.3. The number of esters is 1. The van der Waals surface area contributed by atoms with E-state index in [1.165, 1.54) is 7.11 Å². The highest BCUT2D eigenvalue weighted by Gasteiger charge is 2.41. The van der Waals surface area contributed by atoms with Crippen LogP contribution in [0.4, 0.5) is 5.82 Å². The number of hydrogen-bond acceptors (Lipinski definition) is 8. The summed E-state index contributed by atoms with van der Waals surface area (Å²) in [7, 11) is 2.92. The Balaban J connectivity index is 1.40. The van der Waals surface area contributed by atoms with E-state index >= 15 is 0 Å². The average molecular weight is 412 g/mol. The first-order valence-electron chi connectivity index (χ1n) is 10.3. The molecule has 8 nitrogen and oxygen atoms in total. The second-order valence-corrected chi connectivity index (χ2v) is 8.12. The van der Waals surface area contributed by atoms with Crippen LogP contribution >= 0.6 is 0 Å². The third kappa shape index (κ3) is 4.39. The Morgan fingerprint density at radius 3 is 2.73 bits per heavy atom. The van der Waals surface area contributed by atoms with E-state index in [2.05, 4.69) is 20.2 Å². The Bertz CT molecular complexity index is 879. The summed E-state index contributed by atoms with van der Waals surface area (Å²) in [6.45, 7) is 2.66. The summed E-state index contributed by atoms with van der Waals surface area (Å²) in [5.41, 5.74) is 1.49. The first-order chi connectivity index (χ1) is 14.6. The molecule has 160 valence electrons. The van der Waals surface area contributed by atoms with Gasteiger partial charge in [0.15, 0.2) is 0 Å². The molecule has 1 saturated heterocycles. The largest absolute Gasteiger partial charge is 0.496 e. The maximum absolute atomic E-state index is 12.0. The molecule has 2 fully saturated rings. The molecule has 30 heavy (non-hydrogen) atoms. The number of aromatic nitrogens is 2. The van der Waals surface area contributed by atoms with E-state index in [1.54, 1.807) is 25.7 Å². The van der Waals surface area contributed by atoms with Gasteiger partial charge in [0.05, 0.1) is 32.6 Å². The van der Waals surface area contributed by atoms with Gasteiger partial charge in [-0.3, -0.25) is 9.88 Å². The van der Waals surface area contributed by atoms with Gasteiger partial charge in [-0.05, 0) is 42.4 Å². The number of fused-ring (bicyclic) bond motifs is 1. The van der Waals surface area contributed by atoms with Crippen molar-refractivity contribution < 1.29 is 19.4 Å². The predicted octanol–water partition coefficient (Wildman–Crippen LogP) is 1.96. The lowest BCUT2D eigenvalue weighted by atomic mass is 9.77. The second-order valence-electron chi connectivity index (χ2n) is 8.12. The Morgan fingerprint density at radius 2 is 2.03 bits per heavy atom. The van der Waals surface area contributed by atoms with Crippen LogP contribution in [0.2, 0.25) is 0 Å². The lowest BCUT2D eigenvalue weighted by molar-refractivity contribution is 0.0596. The van der Waals surface area contributed by atoms with Crippen molar-refractivity contribution in [1.82, 2.24) is 14.9 Å². The standard InChI is InChI=1S/C22H28N4O4/c1-29-20-4-3-14(7-17(20)22(28)30-2)11-26-12-15-8-18(19(27)9-16(15)13-26)25-21-10-23-5-6-24-21/h3-7,10,15-16,18-19,27H,8-9,11-13H2,1-2H3,(H,24,25)/t15-,16+,18-,19-/m1/s1. The number of benzene rings is 1. The maximum Gasteiger partial charge on any atom is 0.341 e. The Kier molecular flexibility index (Phi) is 6.15. The number of ether oxygens (including phenoxy) is 2. The number of rotatable bonds is 6. The summed E-state index contributed by atoms with van der Waals surface area (Å²) < 4.78 is 10.2. The van der Waals surface area contributed by atoms with E-state index in [9.17, 15) is 9.90 Å². The van der Waals surface area contributed by atoms with Gasteiger partial charge < -0.3 is 19.9 Å². The van der Waals surface area contributed by atoms with E-state index < -0.39 is 12.1 Å². The molecule has 0 spiro atoms. The van der Waals surface area contributed by atoms with E-state index in [0.717, 1.165) is 38.0 Å². The number of carbonyl (C=O) groups excluding carboxylic acids is 1. The molecule has 0 bridgehead atoms. The molecule has 0 unspecified atom stereocenters. The third-order valence-corrected chi connectivity index (χ3v) is 6.19. The van der Waals surface area contributed by atoms with Gasteiger partial charge in [-0.2, -0.15) is 0 Å². The minimum atomic E-state index is -0.403. The van der Waals surface area contributed by atoms with Gasteiger partial charge in [-0.15, -0.1) is 0 Å². The molecule has 8 heteroatoms. The van der Waals surface area contributed by atoms with Crippen LogP contribution in [-0.4, -0.2) is 65.4 Å². The van der Waals surface area contributed by atoms with Crippen molar-refractivity contribution in [2.45, 2.75) is 31.5 Å². The van der Waals surface area contributed by atoms with Gasteiger partial charge in [-0.1, -0.05) is 6.07 Å². The van der Waals surface area contributed by atoms with Gasteiger partial charge in [0.2, 0.25) is 0 Å². The van der Waals surface area contributed by atoms with Crippen LogP contribution in [0, 0.1) is 11.8 Å². The molecule has 2 aromatic rings. The molecule has 4 atom stereocenters.